The highest BCUT2D eigenvalue weighted by Crippen LogP contribution is 2.26. The molecule has 1 fully saturated rings. The van der Waals surface area contributed by atoms with Gasteiger partial charge in [-0.15, -0.1) is 0 Å². The van der Waals surface area contributed by atoms with E-state index in [1.54, 1.807) is 12.1 Å². The van der Waals surface area contributed by atoms with Crippen molar-refractivity contribution in [3.63, 3.8) is 0 Å². The molecule has 20 heavy (non-hydrogen) atoms. The molecule has 1 aliphatic carbocycles. The van der Waals surface area contributed by atoms with Crippen LogP contribution in [0.4, 0.5) is 5.69 Å². The van der Waals surface area contributed by atoms with Crippen molar-refractivity contribution in [2.24, 2.45) is 0 Å². The number of aliphatic hydroxyl groups is 1. The van der Waals surface area contributed by atoms with Gasteiger partial charge >= 0.3 is 0 Å². The zero-order valence-electron chi connectivity index (χ0n) is 11.2. The van der Waals surface area contributed by atoms with Gasteiger partial charge in [0.2, 0.25) is 0 Å². The van der Waals surface area contributed by atoms with E-state index >= 15 is 0 Å². The van der Waals surface area contributed by atoms with E-state index in [4.69, 9.17) is 0 Å². The Labute approximate surface area is 126 Å². The molecule has 0 saturated heterocycles. The number of rotatable bonds is 4. The molecule has 2 unspecified atom stereocenters. The fraction of sp³-hybridized carbons (Fsp3) is 0.571. The Hall–Kier alpha value is -0.980. The van der Waals surface area contributed by atoms with Gasteiger partial charge in [-0.3, -0.25) is 10.1 Å². The number of nitro groups is 1. The molecule has 0 amide bonds. The third-order valence-corrected chi connectivity index (χ3v) is 4.43. The van der Waals surface area contributed by atoms with Gasteiger partial charge < -0.3 is 10.4 Å². The van der Waals surface area contributed by atoms with Crippen molar-refractivity contribution < 1.29 is 10.0 Å². The van der Waals surface area contributed by atoms with Crippen molar-refractivity contribution in [3.8, 4) is 0 Å². The van der Waals surface area contributed by atoms with Crippen LogP contribution in [0.5, 0.6) is 0 Å². The largest absolute Gasteiger partial charge is 0.392 e. The van der Waals surface area contributed by atoms with Crippen LogP contribution in [0.2, 0.25) is 0 Å². The average molecular weight is 343 g/mol. The normalized spacial score (nSPS) is 23.3. The second-order valence-electron chi connectivity index (χ2n) is 5.24. The lowest BCUT2D eigenvalue weighted by Crippen LogP contribution is -2.38. The van der Waals surface area contributed by atoms with Gasteiger partial charge in [-0.1, -0.05) is 25.3 Å². The van der Waals surface area contributed by atoms with Crippen LogP contribution in [0.1, 0.15) is 37.7 Å². The summed E-state index contributed by atoms with van der Waals surface area (Å²) in [5.74, 6) is 0. The molecule has 1 saturated carbocycles. The van der Waals surface area contributed by atoms with Crippen LogP contribution < -0.4 is 5.32 Å². The summed E-state index contributed by atoms with van der Waals surface area (Å²) in [6.45, 7) is 0.538. The summed E-state index contributed by atoms with van der Waals surface area (Å²) in [5.41, 5.74) is 0.932. The van der Waals surface area contributed by atoms with E-state index in [0.29, 0.717) is 11.0 Å². The molecule has 2 N–H and O–H groups in total. The number of halogens is 1. The second kappa shape index (κ2) is 7.15. The molecule has 1 aromatic rings. The molecule has 5 nitrogen and oxygen atoms in total. The van der Waals surface area contributed by atoms with Gasteiger partial charge in [-0.2, -0.15) is 0 Å². The van der Waals surface area contributed by atoms with Crippen LogP contribution in [0, 0.1) is 10.1 Å². The molecule has 0 bridgehead atoms. The highest BCUT2D eigenvalue weighted by molar-refractivity contribution is 9.10. The molecule has 0 aromatic heterocycles. The monoisotopic (exact) mass is 342 g/mol. The fourth-order valence-corrected chi connectivity index (χ4v) is 2.97. The summed E-state index contributed by atoms with van der Waals surface area (Å²) < 4.78 is 0.487. The molecule has 0 aliphatic heterocycles. The summed E-state index contributed by atoms with van der Waals surface area (Å²) in [5, 5.41) is 24.3. The average Bonchev–Trinajstić information content (AvgIpc) is 2.62. The summed E-state index contributed by atoms with van der Waals surface area (Å²) >= 11 is 3.18. The standard InChI is InChI=1S/C14H19BrN2O3/c15-11-7-6-10(8-13(11)17(19)20)9-16-12-4-2-1-3-5-14(12)18/h6-8,12,14,16,18H,1-5,9H2. The number of aliphatic hydroxyl groups excluding tert-OH is 1. The molecule has 2 rings (SSSR count). The minimum Gasteiger partial charge on any atom is -0.392 e. The molecule has 1 aliphatic rings. The SMILES string of the molecule is O=[N+]([O-])c1cc(CNC2CCCCCC2O)ccc1Br. The van der Waals surface area contributed by atoms with Crippen LogP contribution in [0.3, 0.4) is 0 Å². The highest BCUT2D eigenvalue weighted by Gasteiger charge is 2.21. The zero-order valence-corrected chi connectivity index (χ0v) is 12.8. The number of nitro benzene ring substituents is 1. The van der Waals surface area contributed by atoms with Crippen molar-refractivity contribution in [2.45, 2.75) is 50.8 Å². The Kier molecular flexibility index (Phi) is 5.51. The third-order valence-electron chi connectivity index (χ3n) is 3.76. The number of nitrogens with one attached hydrogen (secondary N) is 1. The van der Waals surface area contributed by atoms with Crippen LogP contribution in [-0.4, -0.2) is 22.2 Å². The molecule has 0 radical (unpaired) electrons. The topological polar surface area (TPSA) is 75.4 Å². The quantitative estimate of drug-likeness (QED) is 0.500. The summed E-state index contributed by atoms with van der Waals surface area (Å²) in [7, 11) is 0. The number of hydrogen-bond donors (Lipinski definition) is 2. The Balaban J connectivity index is 1.99. The maximum atomic E-state index is 10.9. The third kappa shape index (κ3) is 4.01. The molecule has 6 heteroatoms. The predicted octanol–water partition coefficient (Wildman–Crippen LogP) is 3.14. The molecular weight excluding hydrogens is 324 g/mol. The van der Waals surface area contributed by atoms with E-state index in [1.165, 1.54) is 6.42 Å². The fourth-order valence-electron chi connectivity index (χ4n) is 2.58. The molecule has 110 valence electrons. The second-order valence-corrected chi connectivity index (χ2v) is 6.09. The van der Waals surface area contributed by atoms with E-state index in [2.05, 4.69) is 21.2 Å². The van der Waals surface area contributed by atoms with Crippen molar-refractivity contribution in [3.05, 3.63) is 38.3 Å². The molecule has 0 heterocycles. The minimum absolute atomic E-state index is 0.0747. The lowest BCUT2D eigenvalue weighted by Gasteiger charge is -2.21. The summed E-state index contributed by atoms with van der Waals surface area (Å²) in [6.07, 6.45) is 4.83. The first-order valence-corrected chi connectivity index (χ1v) is 7.71. The van der Waals surface area contributed by atoms with Crippen LogP contribution in [0.25, 0.3) is 0 Å². The van der Waals surface area contributed by atoms with Gasteiger partial charge in [-0.05, 0) is 40.4 Å². The van der Waals surface area contributed by atoms with Crippen molar-refractivity contribution in [1.29, 1.82) is 0 Å². The Bertz CT molecular complexity index is 481. The molecule has 1 aromatic carbocycles. The van der Waals surface area contributed by atoms with Crippen LogP contribution >= 0.6 is 15.9 Å². The van der Waals surface area contributed by atoms with E-state index in [9.17, 15) is 15.2 Å². The molecule has 0 spiro atoms. The summed E-state index contributed by atoms with van der Waals surface area (Å²) in [6, 6.07) is 5.20. The first-order chi connectivity index (χ1) is 9.58. The van der Waals surface area contributed by atoms with Crippen LogP contribution in [0.15, 0.2) is 22.7 Å². The zero-order chi connectivity index (χ0) is 14.5. The van der Waals surface area contributed by atoms with Gasteiger partial charge in [0.05, 0.1) is 15.5 Å². The Morgan fingerprint density at radius 1 is 1.35 bits per heavy atom. The van der Waals surface area contributed by atoms with Gasteiger partial charge in [-0.25, -0.2) is 0 Å². The minimum atomic E-state index is -0.395. The summed E-state index contributed by atoms with van der Waals surface area (Å²) in [4.78, 5) is 10.5. The maximum Gasteiger partial charge on any atom is 0.283 e. The van der Waals surface area contributed by atoms with E-state index in [-0.39, 0.29) is 17.8 Å². The van der Waals surface area contributed by atoms with Crippen molar-refractivity contribution in [1.82, 2.24) is 5.32 Å². The number of nitrogens with zero attached hydrogens (tertiary/aromatic N) is 1. The van der Waals surface area contributed by atoms with E-state index in [1.807, 2.05) is 6.07 Å². The number of hydrogen-bond acceptors (Lipinski definition) is 4. The lowest BCUT2D eigenvalue weighted by molar-refractivity contribution is -0.385. The van der Waals surface area contributed by atoms with Gasteiger partial charge in [0.25, 0.3) is 5.69 Å². The lowest BCUT2D eigenvalue weighted by atomic mass is 10.1. The molecule has 2 atom stereocenters. The Morgan fingerprint density at radius 2 is 2.10 bits per heavy atom. The Morgan fingerprint density at radius 3 is 2.85 bits per heavy atom. The van der Waals surface area contributed by atoms with E-state index < -0.39 is 4.92 Å². The van der Waals surface area contributed by atoms with Gasteiger partial charge in [0.1, 0.15) is 0 Å². The first-order valence-electron chi connectivity index (χ1n) is 6.92. The smallest absolute Gasteiger partial charge is 0.283 e. The van der Waals surface area contributed by atoms with Crippen LogP contribution in [-0.2, 0) is 6.54 Å². The van der Waals surface area contributed by atoms with E-state index in [0.717, 1.165) is 31.2 Å². The number of benzene rings is 1. The van der Waals surface area contributed by atoms with Crippen molar-refractivity contribution >= 4 is 21.6 Å². The highest BCUT2D eigenvalue weighted by atomic mass is 79.9. The predicted molar refractivity (Wildman–Crippen MR) is 80.5 cm³/mol. The first kappa shape index (κ1) is 15.4. The van der Waals surface area contributed by atoms with Gasteiger partial charge in [0, 0.05) is 18.7 Å². The van der Waals surface area contributed by atoms with Gasteiger partial charge in [0.15, 0.2) is 0 Å². The maximum absolute atomic E-state index is 10.9. The molecular formula is C14H19BrN2O3. The van der Waals surface area contributed by atoms with Crippen molar-refractivity contribution in [2.75, 3.05) is 0 Å².